The molecular weight excluding hydrogens is 311 g/mol. The molecule has 114 valence electrons. The molecule has 0 bridgehead atoms. The van der Waals surface area contributed by atoms with Crippen molar-refractivity contribution in [2.75, 3.05) is 12.5 Å². The number of benzene rings is 1. The topological polar surface area (TPSA) is 44.1 Å². The quantitative estimate of drug-likeness (QED) is 0.573. The maximum absolute atomic E-state index is 11.4. The molecule has 0 aliphatic carbocycles. The second kappa shape index (κ2) is 7.66. The van der Waals surface area contributed by atoms with Crippen molar-refractivity contribution in [2.24, 2.45) is 0 Å². The number of aryl methyl sites for hydroxylation is 2. The van der Waals surface area contributed by atoms with Crippen LogP contribution in [0.4, 0.5) is 0 Å². The molecule has 0 saturated heterocycles. The Balaban J connectivity index is 2.20. The van der Waals surface area contributed by atoms with Gasteiger partial charge in [0, 0.05) is 25.3 Å². The Bertz CT molecular complexity index is 625. The van der Waals surface area contributed by atoms with E-state index in [9.17, 15) is 4.79 Å². The Morgan fingerprint density at radius 1 is 1.43 bits per heavy atom. The molecule has 0 amide bonds. The summed E-state index contributed by atoms with van der Waals surface area (Å²) >= 11 is 12.1. The van der Waals surface area contributed by atoms with Crippen LogP contribution >= 0.6 is 23.2 Å². The molecule has 0 N–H and O–H groups in total. The van der Waals surface area contributed by atoms with Crippen LogP contribution < -0.4 is 0 Å². The number of carbonyl (C=O) groups is 1. The number of carbonyl (C=O) groups excluding carboxylic acids is 1. The van der Waals surface area contributed by atoms with Crippen LogP contribution in [0, 0.1) is 0 Å². The van der Waals surface area contributed by atoms with Gasteiger partial charge in [0.25, 0.3) is 0 Å². The zero-order valence-corrected chi connectivity index (χ0v) is 13.5. The summed E-state index contributed by atoms with van der Waals surface area (Å²) in [5.41, 5.74) is 1.77. The van der Waals surface area contributed by atoms with Gasteiger partial charge in [-0.3, -0.25) is 4.79 Å². The van der Waals surface area contributed by atoms with Gasteiger partial charge < -0.3 is 9.30 Å². The molecule has 0 atom stereocenters. The van der Waals surface area contributed by atoms with Gasteiger partial charge in [0.15, 0.2) is 0 Å². The van der Waals surface area contributed by atoms with E-state index in [0.29, 0.717) is 43.3 Å². The SMILES string of the molecule is CCOC(=O)CCCn1c(CCCl)nc2cccc(Cl)c21. The van der Waals surface area contributed by atoms with Crippen molar-refractivity contribution in [3.63, 3.8) is 0 Å². The smallest absolute Gasteiger partial charge is 0.305 e. The molecule has 4 nitrogen and oxygen atoms in total. The number of para-hydroxylation sites is 1. The van der Waals surface area contributed by atoms with Crippen LogP contribution in [0.3, 0.4) is 0 Å². The summed E-state index contributed by atoms with van der Waals surface area (Å²) in [6, 6.07) is 5.66. The van der Waals surface area contributed by atoms with Crippen LogP contribution in [-0.2, 0) is 22.5 Å². The summed E-state index contributed by atoms with van der Waals surface area (Å²) in [6.07, 6.45) is 1.75. The molecule has 1 aromatic carbocycles. The van der Waals surface area contributed by atoms with E-state index in [0.717, 1.165) is 16.9 Å². The first-order valence-electron chi connectivity index (χ1n) is 7.02. The molecule has 21 heavy (non-hydrogen) atoms. The van der Waals surface area contributed by atoms with Crippen LogP contribution in [0.15, 0.2) is 18.2 Å². The van der Waals surface area contributed by atoms with E-state index in [2.05, 4.69) is 9.55 Å². The van der Waals surface area contributed by atoms with Gasteiger partial charge >= 0.3 is 5.97 Å². The van der Waals surface area contributed by atoms with Crippen LogP contribution in [0.5, 0.6) is 0 Å². The largest absolute Gasteiger partial charge is 0.466 e. The number of fused-ring (bicyclic) bond motifs is 1. The van der Waals surface area contributed by atoms with Crippen molar-refractivity contribution in [3.8, 4) is 0 Å². The van der Waals surface area contributed by atoms with E-state index >= 15 is 0 Å². The van der Waals surface area contributed by atoms with Crippen LogP contribution in [0.1, 0.15) is 25.6 Å². The lowest BCUT2D eigenvalue weighted by atomic mass is 10.2. The average Bonchev–Trinajstić information content (AvgIpc) is 2.79. The number of hydrogen-bond acceptors (Lipinski definition) is 3. The molecule has 0 saturated carbocycles. The molecule has 0 aliphatic rings. The second-order valence-corrected chi connectivity index (χ2v) is 5.42. The van der Waals surface area contributed by atoms with Gasteiger partial charge in [0.05, 0.1) is 22.7 Å². The van der Waals surface area contributed by atoms with Crippen molar-refractivity contribution >= 4 is 40.2 Å². The van der Waals surface area contributed by atoms with E-state index in [1.807, 2.05) is 18.2 Å². The van der Waals surface area contributed by atoms with E-state index in [4.69, 9.17) is 27.9 Å². The molecule has 0 aliphatic heterocycles. The highest BCUT2D eigenvalue weighted by molar-refractivity contribution is 6.35. The third-order valence-electron chi connectivity index (χ3n) is 3.18. The Hall–Kier alpha value is -1.26. The fourth-order valence-electron chi connectivity index (χ4n) is 2.32. The molecule has 2 aromatic rings. The highest BCUT2D eigenvalue weighted by atomic mass is 35.5. The molecule has 0 unspecified atom stereocenters. The Morgan fingerprint density at radius 2 is 2.24 bits per heavy atom. The normalized spacial score (nSPS) is 11.0. The molecule has 0 fully saturated rings. The lowest BCUT2D eigenvalue weighted by Crippen LogP contribution is -2.09. The molecule has 2 rings (SSSR count). The first-order valence-corrected chi connectivity index (χ1v) is 7.93. The number of aromatic nitrogens is 2. The molecule has 0 spiro atoms. The number of nitrogens with zero attached hydrogens (tertiary/aromatic N) is 2. The third-order valence-corrected chi connectivity index (χ3v) is 3.68. The Morgan fingerprint density at radius 3 is 2.95 bits per heavy atom. The van der Waals surface area contributed by atoms with Crippen molar-refractivity contribution in [1.82, 2.24) is 9.55 Å². The van der Waals surface area contributed by atoms with E-state index in [-0.39, 0.29) is 5.97 Å². The molecule has 0 radical (unpaired) electrons. The Labute approximate surface area is 134 Å². The highest BCUT2D eigenvalue weighted by Crippen LogP contribution is 2.25. The second-order valence-electron chi connectivity index (χ2n) is 4.63. The van der Waals surface area contributed by atoms with Gasteiger partial charge in [0.1, 0.15) is 5.82 Å². The summed E-state index contributed by atoms with van der Waals surface area (Å²) in [4.78, 5) is 16.0. The first kappa shape index (κ1) is 16.1. The zero-order valence-electron chi connectivity index (χ0n) is 11.9. The average molecular weight is 329 g/mol. The van der Waals surface area contributed by atoms with Crippen molar-refractivity contribution < 1.29 is 9.53 Å². The van der Waals surface area contributed by atoms with E-state index in [1.54, 1.807) is 6.92 Å². The maximum atomic E-state index is 11.4. The van der Waals surface area contributed by atoms with Crippen LogP contribution in [-0.4, -0.2) is 28.0 Å². The van der Waals surface area contributed by atoms with Gasteiger partial charge in [0.2, 0.25) is 0 Å². The van der Waals surface area contributed by atoms with Crippen molar-refractivity contribution in [3.05, 3.63) is 29.0 Å². The van der Waals surface area contributed by atoms with Gasteiger partial charge in [-0.15, -0.1) is 11.6 Å². The maximum Gasteiger partial charge on any atom is 0.305 e. The number of halogens is 2. The standard InChI is InChI=1S/C15H18Cl2N2O2/c1-2-21-14(20)7-4-10-19-13(8-9-16)18-12-6-3-5-11(17)15(12)19/h3,5-6H,2,4,7-10H2,1H3. The zero-order chi connectivity index (χ0) is 15.2. The summed E-state index contributed by atoms with van der Waals surface area (Å²) in [6.45, 7) is 2.89. The summed E-state index contributed by atoms with van der Waals surface area (Å²) < 4.78 is 6.99. The summed E-state index contributed by atoms with van der Waals surface area (Å²) in [5.74, 6) is 1.22. The molecule has 1 heterocycles. The lowest BCUT2D eigenvalue weighted by molar-refractivity contribution is -0.143. The summed E-state index contributed by atoms with van der Waals surface area (Å²) in [7, 11) is 0. The first-order chi connectivity index (χ1) is 10.2. The van der Waals surface area contributed by atoms with Gasteiger partial charge in [-0.2, -0.15) is 0 Å². The summed E-state index contributed by atoms with van der Waals surface area (Å²) in [5, 5.41) is 0.664. The van der Waals surface area contributed by atoms with Gasteiger partial charge in [-0.05, 0) is 25.5 Å². The number of rotatable bonds is 7. The lowest BCUT2D eigenvalue weighted by Gasteiger charge is -2.09. The minimum absolute atomic E-state index is 0.174. The van der Waals surface area contributed by atoms with Gasteiger partial charge in [-0.1, -0.05) is 17.7 Å². The van der Waals surface area contributed by atoms with Gasteiger partial charge in [-0.25, -0.2) is 4.98 Å². The van der Waals surface area contributed by atoms with E-state index < -0.39 is 0 Å². The fraction of sp³-hybridized carbons (Fsp3) is 0.467. The number of alkyl halides is 1. The minimum atomic E-state index is -0.174. The minimum Gasteiger partial charge on any atom is -0.466 e. The number of esters is 1. The molecular formula is C15H18Cl2N2O2. The predicted molar refractivity (Wildman–Crippen MR) is 85.0 cm³/mol. The number of ether oxygens (including phenoxy) is 1. The van der Waals surface area contributed by atoms with E-state index in [1.165, 1.54) is 0 Å². The van der Waals surface area contributed by atoms with Crippen LogP contribution in [0.25, 0.3) is 11.0 Å². The predicted octanol–water partition coefficient (Wildman–Crippen LogP) is 3.81. The highest BCUT2D eigenvalue weighted by Gasteiger charge is 2.13. The number of imidazole rings is 1. The monoisotopic (exact) mass is 328 g/mol. The number of hydrogen-bond donors (Lipinski definition) is 0. The fourth-order valence-corrected chi connectivity index (χ4v) is 2.76. The van der Waals surface area contributed by atoms with Crippen molar-refractivity contribution in [2.45, 2.75) is 32.7 Å². The van der Waals surface area contributed by atoms with Crippen molar-refractivity contribution in [1.29, 1.82) is 0 Å². The van der Waals surface area contributed by atoms with Crippen LogP contribution in [0.2, 0.25) is 5.02 Å². The molecule has 6 heteroatoms. The molecule has 1 aromatic heterocycles. The Kier molecular flexibility index (Phi) is 5.88. The third kappa shape index (κ3) is 3.89.